The standard InChI is InChI=1S/C36H47NO5/c1-3-5-7-9-11-13-27-40-32-21-17-29(18-22-32)35(38)37-31-19-15-30(16-20-31)36(39)42-34-25-23-33(24-26-34)41-28-14-12-10-8-6-4-2/h15-26H,3-14,27-28H2,1-2H3,(H,37,38). The number of hydrogen-bond acceptors (Lipinski definition) is 5. The Balaban J connectivity index is 1.37. The topological polar surface area (TPSA) is 73.9 Å². The number of benzene rings is 3. The molecule has 6 nitrogen and oxygen atoms in total. The molecule has 0 radical (unpaired) electrons. The normalized spacial score (nSPS) is 10.7. The quantitative estimate of drug-likeness (QED) is 0.0827. The van der Waals surface area contributed by atoms with Gasteiger partial charge in [-0.3, -0.25) is 4.79 Å². The minimum absolute atomic E-state index is 0.230. The number of carbonyl (C=O) groups is 2. The van der Waals surface area contributed by atoms with Gasteiger partial charge in [-0.1, -0.05) is 78.1 Å². The highest BCUT2D eigenvalue weighted by molar-refractivity contribution is 6.04. The summed E-state index contributed by atoms with van der Waals surface area (Å²) in [5.74, 6) is 1.28. The Bertz CT molecular complexity index is 1170. The number of esters is 1. The second kappa shape index (κ2) is 19.3. The first kappa shape index (κ1) is 32.7. The second-order valence-corrected chi connectivity index (χ2v) is 10.6. The molecule has 0 saturated carbocycles. The molecule has 3 aromatic rings. The van der Waals surface area contributed by atoms with Gasteiger partial charge in [0.05, 0.1) is 18.8 Å². The lowest BCUT2D eigenvalue weighted by Crippen LogP contribution is -2.12. The molecule has 3 aromatic carbocycles. The number of anilines is 1. The van der Waals surface area contributed by atoms with Gasteiger partial charge in [-0.2, -0.15) is 0 Å². The Hall–Kier alpha value is -3.80. The highest BCUT2D eigenvalue weighted by Gasteiger charge is 2.11. The van der Waals surface area contributed by atoms with Gasteiger partial charge in [-0.15, -0.1) is 0 Å². The maximum absolute atomic E-state index is 12.7. The summed E-state index contributed by atoms with van der Waals surface area (Å²) in [6.07, 6.45) is 14.6. The van der Waals surface area contributed by atoms with Crippen molar-refractivity contribution >= 4 is 17.6 Å². The van der Waals surface area contributed by atoms with Gasteiger partial charge in [0.25, 0.3) is 5.91 Å². The van der Waals surface area contributed by atoms with Crippen molar-refractivity contribution in [3.8, 4) is 17.2 Å². The summed E-state index contributed by atoms with van der Waals surface area (Å²) in [7, 11) is 0. The number of hydrogen-bond donors (Lipinski definition) is 1. The predicted molar refractivity (Wildman–Crippen MR) is 170 cm³/mol. The fourth-order valence-corrected chi connectivity index (χ4v) is 4.51. The van der Waals surface area contributed by atoms with Crippen LogP contribution >= 0.6 is 0 Å². The highest BCUT2D eigenvalue weighted by Crippen LogP contribution is 2.20. The average Bonchev–Trinajstić information content (AvgIpc) is 3.01. The molecule has 0 spiro atoms. The summed E-state index contributed by atoms with van der Waals surface area (Å²) in [6, 6.07) is 20.9. The first-order valence-electron chi connectivity index (χ1n) is 15.7. The molecule has 0 aliphatic heterocycles. The molecule has 6 heteroatoms. The van der Waals surface area contributed by atoms with Crippen molar-refractivity contribution in [1.29, 1.82) is 0 Å². The van der Waals surface area contributed by atoms with Gasteiger partial charge in [0.1, 0.15) is 17.2 Å². The molecule has 0 atom stereocenters. The predicted octanol–water partition coefficient (Wildman–Crippen LogP) is 9.64. The number of nitrogens with one attached hydrogen (secondary N) is 1. The third-order valence-electron chi connectivity index (χ3n) is 7.06. The van der Waals surface area contributed by atoms with Crippen molar-refractivity contribution in [3.63, 3.8) is 0 Å². The molecule has 0 saturated heterocycles. The number of rotatable bonds is 20. The van der Waals surface area contributed by atoms with Gasteiger partial charge in [0.15, 0.2) is 0 Å². The van der Waals surface area contributed by atoms with Crippen molar-refractivity contribution in [1.82, 2.24) is 0 Å². The van der Waals surface area contributed by atoms with E-state index in [-0.39, 0.29) is 5.91 Å². The largest absolute Gasteiger partial charge is 0.494 e. The maximum atomic E-state index is 12.7. The minimum atomic E-state index is -0.467. The Morgan fingerprint density at radius 3 is 1.48 bits per heavy atom. The van der Waals surface area contributed by atoms with Crippen molar-refractivity contribution in [2.45, 2.75) is 90.9 Å². The molecular formula is C36H47NO5. The van der Waals surface area contributed by atoms with Crippen LogP contribution in [-0.4, -0.2) is 25.1 Å². The molecule has 3 rings (SSSR count). The molecule has 226 valence electrons. The van der Waals surface area contributed by atoms with E-state index in [2.05, 4.69) is 19.2 Å². The number of carbonyl (C=O) groups excluding carboxylic acids is 2. The molecule has 0 aliphatic rings. The highest BCUT2D eigenvalue weighted by atomic mass is 16.5. The van der Waals surface area contributed by atoms with Crippen LogP contribution in [0.2, 0.25) is 0 Å². The van der Waals surface area contributed by atoms with E-state index in [4.69, 9.17) is 14.2 Å². The van der Waals surface area contributed by atoms with Crippen LogP contribution in [0.15, 0.2) is 72.8 Å². The molecule has 0 heterocycles. The molecule has 0 unspecified atom stereocenters. The van der Waals surface area contributed by atoms with Crippen LogP contribution in [0, 0.1) is 0 Å². The number of unbranched alkanes of at least 4 members (excludes halogenated alkanes) is 10. The van der Waals surface area contributed by atoms with E-state index in [1.54, 1.807) is 48.5 Å². The minimum Gasteiger partial charge on any atom is -0.494 e. The molecule has 0 bridgehead atoms. The SMILES string of the molecule is CCCCCCCCOc1ccc(OC(=O)c2ccc(NC(=O)c3ccc(OCCCCCCCC)cc3)cc2)cc1. The molecule has 1 amide bonds. The van der Waals surface area contributed by atoms with Crippen molar-refractivity contribution < 1.29 is 23.8 Å². The van der Waals surface area contributed by atoms with Crippen LogP contribution in [0.1, 0.15) is 112 Å². The van der Waals surface area contributed by atoms with E-state index in [1.807, 2.05) is 24.3 Å². The van der Waals surface area contributed by atoms with Crippen LogP contribution in [0.4, 0.5) is 5.69 Å². The third-order valence-corrected chi connectivity index (χ3v) is 7.06. The van der Waals surface area contributed by atoms with E-state index in [0.717, 1.165) is 24.3 Å². The lowest BCUT2D eigenvalue weighted by atomic mass is 10.1. The molecule has 0 fully saturated rings. The fraction of sp³-hybridized carbons (Fsp3) is 0.444. The van der Waals surface area contributed by atoms with Gasteiger partial charge < -0.3 is 19.5 Å². The van der Waals surface area contributed by atoms with Gasteiger partial charge in [0.2, 0.25) is 0 Å². The smallest absolute Gasteiger partial charge is 0.343 e. The summed E-state index contributed by atoms with van der Waals surface area (Å²) in [4.78, 5) is 25.3. The third kappa shape index (κ3) is 12.4. The number of amides is 1. The average molecular weight is 574 g/mol. The summed E-state index contributed by atoms with van der Waals surface area (Å²) in [5.41, 5.74) is 1.51. The van der Waals surface area contributed by atoms with Crippen molar-refractivity contribution in [2.75, 3.05) is 18.5 Å². The molecule has 1 N–H and O–H groups in total. The Morgan fingerprint density at radius 2 is 0.952 bits per heavy atom. The monoisotopic (exact) mass is 573 g/mol. The Morgan fingerprint density at radius 1 is 0.524 bits per heavy atom. The van der Waals surface area contributed by atoms with Gasteiger partial charge in [-0.05, 0) is 85.6 Å². The van der Waals surface area contributed by atoms with E-state index in [9.17, 15) is 9.59 Å². The van der Waals surface area contributed by atoms with E-state index >= 15 is 0 Å². The number of ether oxygens (including phenoxy) is 3. The lowest BCUT2D eigenvalue weighted by molar-refractivity contribution is 0.0734. The van der Waals surface area contributed by atoms with Gasteiger partial charge in [0, 0.05) is 11.3 Å². The fourth-order valence-electron chi connectivity index (χ4n) is 4.51. The molecular weight excluding hydrogens is 526 g/mol. The second-order valence-electron chi connectivity index (χ2n) is 10.6. The summed E-state index contributed by atoms with van der Waals surface area (Å²) in [6.45, 7) is 5.81. The zero-order valence-corrected chi connectivity index (χ0v) is 25.4. The van der Waals surface area contributed by atoms with Crippen molar-refractivity contribution in [3.05, 3.63) is 83.9 Å². The first-order valence-corrected chi connectivity index (χ1v) is 15.7. The zero-order chi connectivity index (χ0) is 29.8. The summed E-state index contributed by atoms with van der Waals surface area (Å²) >= 11 is 0. The molecule has 0 aromatic heterocycles. The van der Waals surface area contributed by atoms with Crippen LogP contribution in [0.3, 0.4) is 0 Å². The summed E-state index contributed by atoms with van der Waals surface area (Å²) < 4.78 is 17.1. The van der Waals surface area contributed by atoms with Gasteiger partial charge >= 0.3 is 5.97 Å². The van der Waals surface area contributed by atoms with Crippen LogP contribution in [-0.2, 0) is 0 Å². The van der Waals surface area contributed by atoms with Crippen LogP contribution in [0.25, 0.3) is 0 Å². The van der Waals surface area contributed by atoms with E-state index < -0.39 is 5.97 Å². The Labute approximate surface area is 251 Å². The summed E-state index contributed by atoms with van der Waals surface area (Å²) in [5, 5.41) is 2.86. The van der Waals surface area contributed by atoms with Crippen molar-refractivity contribution in [2.24, 2.45) is 0 Å². The van der Waals surface area contributed by atoms with Crippen LogP contribution < -0.4 is 19.5 Å². The van der Waals surface area contributed by atoms with Gasteiger partial charge in [-0.25, -0.2) is 4.79 Å². The molecule has 42 heavy (non-hydrogen) atoms. The molecule has 0 aliphatic carbocycles. The van der Waals surface area contributed by atoms with Crippen LogP contribution in [0.5, 0.6) is 17.2 Å². The lowest BCUT2D eigenvalue weighted by Gasteiger charge is -2.09. The first-order chi connectivity index (χ1) is 20.6. The zero-order valence-electron chi connectivity index (χ0n) is 25.4. The maximum Gasteiger partial charge on any atom is 0.343 e. The Kier molecular flexibility index (Phi) is 15.1. The van der Waals surface area contributed by atoms with E-state index in [0.29, 0.717) is 35.8 Å². The van der Waals surface area contributed by atoms with E-state index in [1.165, 1.54) is 64.2 Å².